The number of nitrogens with zero attached hydrogens (tertiary/aromatic N) is 1. The zero-order valence-electron chi connectivity index (χ0n) is 13.0. The van der Waals surface area contributed by atoms with Crippen LogP contribution in [0.3, 0.4) is 0 Å². The maximum atomic E-state index is 2.59. The van der Waals surface area contributed by atoms with Gasteiger partial charge in [-0.05, 0) is 69.2 Å². The summed E-state index contributed by atoms with van der Waals surface area (Å²) in [5.41, 5.74) is 3.27. The molecule has 2 aliphatic rings. The molecule has 1 aliphatic carbocycles. The Morgan fingerprint density at radius 2 is 1.90 bits per heavy atom. The van der Waals surface area contributed by atoms with Crippen LogP contribution in [0, 0.1) is 0 Å². The third-order valence-corrected chi connectivity index (χ3v) is 5.52. The molecule has 3 rings (SSSR count). The summed E-state index contributed by atoms with van der Waals surface area (Å²) in [6.07, 6.45) is 12.7. The van der Waals surface area contributed by atoms with Crippen molar-refractivity contribution in [1.29, 1.82) is 0 Å². The molecule has 1 nitrogen and oxygen atoms in total. The van der Waals surface area contributed by atoms with Gasteiger partial charge in [0.05, 0.1) is 0 Å². The van der Waals surface area contributed by atoms with Crippen LogP contribution in [0.15, 0.2) is 24.3 Å². The topological polar surface area (TPSA) is 3.24 Å². The van der Waals surface area contributed by atoms with Crippen LogP contribution in [-0.4, -0.2) is 24.5 Å². The molecule has 1 fully saturated rings. The highest BCUT2D eigenvalue weighted by Crippen LogP contribution is 2.36. The molecular formula is C19H29N. The fourth-order valence-electron chi connectivity index (χ4n) is 4.22. The van der Waals surface area contributed by atoms with Crippen LogP contribution < -0.4 is 0 Å². The molecule has 110 valence electrons. The predicted molar refractivity (Wildman–Crippen MR) is 86.2 cm³/mol. The van der Waals surface area contributed by atoms with Gasteiger partial charge in [0, 0.05) is 6.04 Å². The van der Waals surface area contributed by atoms with E-state index in [1.54, 1.807) is 11.1 Å². The smallest absolute Gasteiger partial charge is 0.00922 e. The molecule has 1 aromatic carbocycles. The average molecular weight is 271 g/mol. The van der Waals surface area contributed by atoms with Gasteiger partial charge in [0.25, 0.3) is 0 Å². The number of unbranched alkanes of at least 4 members (excludes halogenated alkanes) is 1. The van der Waals surface area contributed by atoms with Crippen LogP contribution in [0.2, 0.25) is 0 Å². The Bertz CT molecular complexity index is 426. The van der Waals surface area contributed by atoms with Crippen LogP contribution in [-0.2, 0) is 6.42 Å². The van der Waals surface area contributed by atoms with Crippen molar-refractivity contribution in [2.75, 3.05) is 13.6 Å². The van der Waals surface area contributed by atoms with Gasteiger partial charge in [0.15, 0.2) is 0 Å². The fourth-order valence-corrected chi connectivity index (χ4v) is 4.22. The maximum absolute atomic E-state index is 2.59. The minimum Gasteiger partial charge on any atom is -0.303 e. The Balaban J connectivity index is 1.40. The van der Waals surface area contributed by atoms with Gasteiger partial charge < -0.3 is 4.90 Å². The Labute approximate surface area is 124 Å². The number of likely N-dealkylation sites (tertiary alicyclic amines) is 1. The van der Waals surface area contributed by atoms with E-state index in [1.807, 2.05) is 0 Å². The lowest BCUT2D eigenvalue weighted by molar-refractivity contribution is 0.172. The van der Waals surface area contributed by atoms with E-state index in [1.165, 1.54) is 64.3 Å². The van der Waals surface area contributed by atoms with Crippen molar-refractivity contribution >= 4 is 0 Å². The first-order valence-electron chi connectivity index (χ1n) is 8.62. The summed E-state index contributed by atoms with van der Waals surface area (Å²) in [4.78, 5) is 2.59. The molecule has 0 amide bonds. The first kappa shape index (κ1) is 14.1. The summed E-state index contributed by atoms with van der Waals surface area (Å²) < 4.78 is 0. The zero-order valence-corrected chi connectivity index (χ0v) is 13.0. The number of hydrogen-bond acceptors (Lipinski definition) is 1. The molecule has 1 heterocycles. The Morgan fingerprint density at radius 1 is 1.05 bits per heavy atom. The molecular weight excluding hydrogens is 242 g/mol. The molecule has 2 atom stereocenters. The molecule has 1 aliphatic heterocycles. The van der Waals surface area contributed by atoms with Crippen LogP contribution in [0.5, 0.6) is 0 Å². The summed E-state index contributed by atoms with van der Waals surface area (Å²) >= 11 is 0. The number of fused-ring (bicyclic) bond motifs is 1. The largest absolute Gasteiger partial charge is 0.303 e. The Kier molecular flexibility index (Phi) is 4.77. The van der Waals surface area contributed by atoms with E-state index < -0.39 is 0 Å². The lowest BCUT2D eigenvalue weighted by Crippen LogP contribution is -2.35. The van der Waals surface area contributed by atoms with Crippen molar-refractivity contribution in [3.63, 3.8) is 0 Å². The summed E-state index contributed by atoms with van der Waals surface area (Å²) in [6, 6.07) is 9.97. The molecule has 0 aromatic heterocycles. The van der Waals surface area contributed by atoms with Gasteiger partial charge in [0.1, 0.15) is 0 Å². The summed E-state index contributed by atoms with van der Waals surface area (Å²) in [6.45, 7) is 1.32. The van der Waals surface area contributed by atoms with Crippen molar-refractivity contribution in [2.24, 2.45) is 0 Å². The second kappa shape index (κ2) is 6.76. The lowest BCUT2D eigenvalue weighted by Gasteiger charge is -2.32. The third kappa shape index (κ3) is 3.25. The Morgan fingerprint density at radius 3 is 2.80 bits per heavy atom. The number of rotatable bonds is 5. The zero-order chi connectivity index (χ0) is 13.8. The highest BCUT2D eigenvalue weighted by Gasteiger charge is 2.22. The molecule has 0 spiro atoms. The van der Waals surface area contributed by atoms with Crippen molar-refractivity contribution in [3.8, 4) is 0 Å². The number of hydrogen-bond donors (Lipinski definition) is 0. The SMILES string of the molecule is CN1CCCCC1CCCCC1CCc2ccccc21. The van der Waals surface area contributed by atoms with E-state index in [0.717, 1.165) is 12.0 Å². The molecule has 2 unspecified atom stereocenters. The molecule has 1 heteroatoms. The minimum absolute atomic E-state index is 0.857. The normalized spacial score (nSPS) is 26.6. The highest BCUT2D eigenvalue weighted by atomic mass is 15.1. The molecule has 0 radical (unpaired) electrons. The summed E-state index contributed by atoms with van der Waals surface area (Å²) in [5, 5.41) is 0. The fraction of sp³-hybridized carbons (Fsp3) is 0.684. The van der Waals surface area contributed by atoms with Gasteiger partial charge in [-0.1, -0.05) is 43.5 Å². The average Bonchev–Trinajstić information content (AvgIpc) is 2.89. The van der Waals surface area contributed by atoms with E-state index in [-0.39, 0.29) is 0 Å². The second-order valence-electron chi connectivity index (χ2n) is 6.85. The quantitative estimate of drug-likeness (QED) is 0.698. The van der Waals surface area contributed by atoms with Gasteiger partial charge in [-0.3, -0.25) is 0 Å². The van der Waals surface area contributed by atoms with Crippen molar-refractivity contribution in [1.82, 2.24) is 4.90 Å². The number of aryl methyl sites for hydroxylation is 1. The van der Waals surface area contributed by atoms with Crippen LogP contribution in [0.4, 0.5) is 0 Å². The van der Waals surface area contributed by atoms with Gasteiger partial charge in [-0.15, -0.1) is 0 Å². The molecule has 1 aromatic rings. The molecule has 20 heavy (non-hydrogen) atoms. The van der Waals surface area contributed by atoms with Crippen molar-refractivity contribution in [2.45, 2.75) is 69.7 Å². The first-order chi connectivity index (χ1) is 9.84. The van der Waals surface area contributed by atoms with Crippen LogP contribution >= 0.6 is 0 Å². The standard InChI is InChI=1S/C19H29N/c1-20-15-7-6-11-18(20)10-4-2-8-16-13-14-17-9-3-5-12-19(16)17/h3,5,9,12,16,18H,2,4,6-8,10-11,13-15H2,1H3. The summed E-state index contributed by atoms with van der Waals surface area (Å²) in [7, 11) is 2.32. The molecule has 0 saturated carbocycles. The van der Waals surface area contributed by atoms with Gasteiger partial charge in [-0.2, -0.15) is 0 Å². The monoisotopic (exact) mass is 271 g/mol. The van der Waals surface area contributed by atoms with Crippen molar-refractivity contribution in [3.05, 3.63) is 35.4 Å². The van der Waals surface area contributed by atoms with E-state index in [9.17, 15) is 0 Å². The van der Waals surface area contributed by atoms with E-state index in [2.05, 4.69) is 36.2 Å². The first-order valence-corrected chi connectivity index (χ1v) is 8.62. The third-order valence-electron chi connectivity index (χ3n) is 5.52. The lowest BCUT2D eigenvalue weighted by atomic mass is 9.92. The van der Waals surface area contributed by atoms with Gasteiger partial charge in [0.2, 0.25) is 0 Å². The Hall–Kier alpha value is -0.820. The summed E-state index contributed by atoms with van der Waals surface area (Å²) in [5.74, 6) is 0.857. The molecule has 0 N–H and O–H groups in total. The number of piperidine rings is 1. The minimum atomic E-state index is 0.857. The predicted octanol–water partition coefficient (Wildman–Crippen LogP) is 4.76. The van der Waals surface area contributed by atoms with Crippen LogP contribution in [0.1, 0.15) is 68.4 Å². The molecule has 1 saturated heterocycles. The highest BCUT2D eigenvalue weighted by molar-refractivity contribution is 5.34. The number of benzene rings is 1. The second-order valence-corrected chi connectivity index (χ2v) is 6.85. The molecule has 0 bridgehead atoms. The van der Waals surface area contributed by atoms with Crippen molar-refractivity contribution < 1.29 is 0 Å². The van der Waals surface area contributed by atoms with Crippen LogP contribution in [0.25, 0.3) is 0 Å². The maximum Gasteiger partial charge on any atom is 0.00922 e. The van der Waals surface area contributed by atoms with Gasteiger partial charge in [-0.25, -0.2) is 0 Å². The van der Waals surface area contributed by atoms with Gasteiger partial charge >= 0.3 is 0 Å². The van der Waals surface area contributed by atoms with E-state index in [4.69, 9.17) is 0 Å². The van der Waals surface area contributed by atoms with E-state index in [0.29, 0.717) is 0 Å². The van der Waals surface area contributed by atoms with E-state index >= 15 is 0 Å².